The van der Waals surface area contributed by atoms with Crippen LogP contribution in [0.3, 0.4) is 0 Å². The lowest BCUT2D eigenvalue weighted by Crippen LogP contribution is -1.98. The quantitative estimate of drug-likeness (QED) is 0.607. The van der Waals surface area contributed by atoms with E-state index in [9.17, 15) is 13.6 Å². The van der Waals surface area contributed by atoms with Gasteiger partial charge < -0.3 is 0 Å². The number of hydrogen-bond donors (Lipinski definition) is 0. The second kappa shape index (κ2) is 4.24. The van der Waals surface area contributed by atoms with E-state index in [1.165, 1.54) is 0 Å². The van der Waals surface area contributed by atoms with E-state index in [1.807, 2.05) is 0 Å². The zero-order chi connectivity index (χ0) is 10.7. The Morgan fingerprint density at radius 1 is 1.64 bits per heavy atom. The van der Waals surface area contributed by atoms with Crippen LogP contribution in [0.15, 0.2) is 10.7 Å². The Morgan fingerprint density at radius 3 is 2.71 bits per heavy atom. The van der Waals surface area contributed by atoms with E-state index in [4.69, 9.17) is 5.26 Å². The first kappa shape index (κ1) is 10.7. The summed E-state index contributed by atoms with van der Waals surface area (Å²) in [7, 11) is 0. The third kappa shape index (κ3) is 1.93. The van der Waals surface area contributed by atoms with Crippen molar-refractivity contribution in [1.29, 1.82) is 5.26 Å². The van der Waals surface area contributed by atoms with Gasteiger partial charge in [0.2, 0.25) is 0 Å². The van der Waals surface area contributed by atoms with Crippen molar-refractivity contribution in [2.45, 2.75) is 6.43 Å². The number of carbonyl (C=O) groups is 1. The molecular weight excluding hydrogens is 258 g/mol. The number of aromatic nitrogens is 1. The van der Waals surface area contributed by atoms with Gasteiger partial charge in [-0.1, -0.05) is 0 Å². The molecule has 0 saturated carbocycles. The predicted molar refractivity (Wildman–Crippen MR) is 47.0 cm³/mol. The highest BCUT2D eigenvalue weighted by molar-refractivity contribution is 9.10. The van der Waals surface area contributed by atoms with Crippen molar-refractivity contribution in [3.8, 4) is 6.07 Å². The van der Waals surface area contributed by atoms with Gasteiger partial charge in [0.25, 0.3) is 6.43 Å². The van der Waals surface area contributed by atoms with Crippen molar-refractivity contribution in [2.75, 3.05) is 0 Å². The van der Waals surface area contributed by atoms with Crippen LogP contribution in [0.25, 0.3) is 0 Å². The minimum atomic E-state index is -2.73. The third-order valence-electron chi connectivity index (χ3n) is 1.50. The molecule has 0 unspecified atom stereocenters. The van der Waals surface area contributed by atoms with Gasteiger partial charge in [-0.2, -0.15) is 5.26 Å². The number of rotatable bonds is 2. The lowest BCUT2D eigenvalue weighted by atomic mass is 10.1. The molecular formula is C8H3BrF2N2O. The molecule has 0 bridgehead atoms. The molecule has 1 heterocycles. The summed E-state index contributed by atoms with van der Waals surface area (Å²) < 4.78 is 24.5. The summed E-state index contributed by atoms with van der Waals surface area (Å²) in [5.41, 5.74) is -0.701. The van der Waals surface area contributed by atoms with Crippen LogP contribution >= 0.6 is 15.9 Å². The van der Waals surface area contributed by atoms with E-state index in [1.54, 1.807) is 6.07 Å². The van der Waals surface area contributed by atoms with Gasteiger partial charge in [0.15, 0.2) is 12.0 Å². The number of hydrogen-bond acceptors (Lipinski definition) is 3. The first-order valence-corrected chi connectivity index (χ1v) is 4.23. The molecule has 1 aromatic heterocycles. The average Bonchev–Trinajstić information content (AvgIpc) is 2.16. The number of aldehydes is 1. The number of halogens is 3. The summed E-state index contributed by atoms with van der Waals surface area (Å²) in [6, 6.07) is 2.59. The summed E-state index contributed by atoms with van der Waals surface area (Å²) in [6.07, 6.45) is -2.41. The van der Waals surface area contributed by atoms with E-state index in [-0.39, 0.29) is 15.9 Å². The van der Waals surface area contributed by atoms with Gasteiger partial charge in [-0.05, 0) is 22.0 Å². The molecule has 0 fully saturated rings. The van der Waals surface area contributed by atoms with Crippen molar-refractivity contribution in [3.63, 3.8) is 0 Å². The zero-order valence-electron chi connectivity index (χ0n) is 6.67. The second-order valence-electron chi connectivity index (χ2n) is 2.34. The molecule has 3 nitrogen and oxygen atoms in total. The molecule has 0 N–H and O–H groups in total. The standard InChI is InChI=1S/C8H3BrF2N2O/c9-7-5(8(10)11)1-4(3-14)6(2-12)13-7/h1,3,8H. The predicted octanol–water partition coefficient (Wildman–Crippen LogP) is 2.47. The van der Waals surface area contributed by atoms with E-state index >= 15 is 0 Å². The zero-order valence-corrected chi connectivity index (χ0v) is 8.25. The van der Waals surface area contributed by atoms with E-state index in [0.717, 1.165) is 6.07 Å². The Labute approximate surface area is 86.5 Å². The van der Waals surface area contributed by atoms with Crippen LogP contribution in [-0.4, -0.2) is 11.3 Å². The highest BCUT2D eigenvalue weighted by Crippen LogP contribution is 2.27. The average molecular weight is 261 g/mol. The molecule has 0 aromatic carbocycles. The molecule has 14 heavy (non-hydrogen) atoms. The summed E-state index contributed by atoms with van der Waals surface area (Å²) >= 11 is 2.79. The number of carbonyl (C=O) groups excluding carboxylic acids is 1. The summed E-state index contributed by atoms with van der Waals surface area (Å²) in [5.74, 6) is 0. The molecule has 0 spiro atoms. The monoisotopic (exact) mass is 260 g/mol. The largest absolute Gasteiger partial charge is 0.298 e. The topological polar surface area (TPSA) is 53.8 Å². The van der Waals surface area contributed by atoms with Gasteiger partial charge in [0.05, 0.1) is 11.1 Å². The minimum absolute atomic E-state index is 0.116. The maximum atomic E-state index is 12.3. The van der Waals surface area contributed by atoms with Crippen molar-refractivity contribution in [2.24, 2.45) is 0 Å². The lowest BCUT2D eigenvalue weighted by Gasteiger charge is -2.03. The molecule has 1 aromatic rings. The van der Waals surface area contributed by atoms with Crippen LogP contribution in [-0.2, 0) is 0 Å². The number of nitriles is 1. The van der Waals surface area contributed by atoms with Gasteiger partial charge in [-0.25, -0.2) is 13.8 Å². The fourth-order valence-electron chi connectivity index (χ4n) is 0.855. The fourth-order valence-corrected chi connectivity index (χ4v) is 1.32. The Balaban J connectivity index is 3.39. The van der Waals surface area contributed by atoms with Crippen molar-refractivity contribution >= 4 is 22.2 Å². The van der Waals surface area contributed by atoms with Gasteiger partial charge in [-0.15, -0.1) is 0 Å². The van der Waals surface area contributed by atoms with E-state index < -0.39 is 12.0 Å². The fraction of sp³-hybridized carbons (Fsp3) is 0.125. The molecule has 6 heteroatoms. The minimum Gasteiger partial charge on any atom is -0.298 e. The molecule has 0 aliphatic heterocycles. The molecule has 0 radical (unpaired) electrons. The molecule has 0 aliphatic carbocycles. The first-order valence-electron chi connectivity index (χ1n) is 3.44. The van der Waals surface area contributed by atoms with Gasteiger partial charge >= 0.3 is 0 Å². The van der Waals surface area contributed by atoms with Crippen LogP contribution in [0.1, 0.15) is 28.0 Å². The maximum absolute atomic E-state index is 12.3. The molecule has 0 atom stereocenters. The second-order valence-corrected chi connectivity index (χ2v) is 3.09. The van der Waals surface area contributed by atoms with Gasteiger partial charge in [0.1, 0.15) is 10.7 Å². The van der Waals surface area contributed by atoms with Gasteiger partial charge in [-0.3, -0.25) is 4.79 Å². The van der Waals surface area contributed by atoms with Crippen LogP contribution in [0.4, 0.5) is 8.78 Å². The summed E-state index contributed by atoms with van der Waals surface area (Å²) in [4.78, 5) is 13.9. The maximum Gasteiger partial charge on any atom is 0.266 e. The van der Waals surface area contributed by atoms with Gasteiger partial charge in [0, 0.05) is 0 Å². The lowest BCUT2D eigenvalue weighted by molar-refractivity contribution is 0.112. The van der Waals surface area contributed by atoms with E-state index in [0.29, 0.717) is 6.29 Å². The first-order chi connectivity index (χ1) is 6.60. The SMILES string of the molecule is N#Cc1nc(Br)c(C(F)F)cc1C=O. The molecule has 0 saturated heterocycles. The number of alkyl halides is 2. The Morgan fingerprint density at radius 2 is 2.29 bits per heavy atom. The van der Waals surface area contributed by atoms with Crippen LogP contribution in [0.5, 0.6) is 0 Å². The molecule has 0 aliphatic rings. The highest BCUT2D eigenvalue weighted by Gasteiger charge is 2.16. The third-order valence-corrected chi connectivity index (χ3v) is 2.14. The molecule has 1 rings (SSSR count). The number of pyridine rings is 1. The van der Waals surface area contributed by atoms with Crippen molar-refractivity contribution in [1.82, 2.24) is 4.98 Å². The normalized spacial score (nSPS) is 9.93. The molecule has 0 amide bonds. The smallest absolute Gasteiger partial charge is 0.266 e. The van der Waals surface area contributed by atoms with Crippen LogP contribution < -0.4 is 0 Å². The summed E-state index contributed by atoms with van der Waals surface area (Å²) in [5, 5.41) is 8.52. The Bertz CT molecular complexity index is 415. The highest BCUT2D eigenvalue weighted by atomic mass is 79.9. The van der Waals surface area contributed by atoms with Crippen molar-refractivity contribution < 1.29 is 13.6 Å². The Kier molecular flexibility index (Phi) is 3.25. The van der Waals surface area contributed by atoms with Crippen LogP contribution in [0, 0.1) is 11.3 Å². The number of nitrogens with zero attached hydrogens (tertiary/aromatic N) is 2. The van der Waals surface area contributed by atoms with E-state index in [2.05, 4.69) is 20.9 Å². The molecule has 72 valence electrons. The Hall–Kier alpha value is -1.35. The van der Waals surface area contributed by atoms with Crippen LogP contribution in [0.2, 0.25) is 0 Å². The summed E-state index contributed by atoms with van der Waals surface area (Å²) in [6.45, 7) is 0. The van der Waals surface area contributed by atoms with Crippen molar-refractivity contribution in [3.05, 3.63) is 27.5 Å².